The van der Waals surface area contributed by atoms with Gasteiger partial charge < -0.3 is 10.6 Å². The van der Waals surface area contributed by atoms with Gasteiger partial charge in [-0.05, 0) is 31.2 Å². The first-order valence-corrected chi connectivity index (χ1v) is 8.78. The van der Waals surface area contributed by atoms with Crippen molar-refractivity contribution in [1.82, 2.24) is 10.3 Å². The Hall–Kier alpha value is -2.76. The fraction of sp³-hybridized carbons (Fsp3) is 0.235. The number of aromatic nitrogens is 1. The highest BCUT2D eigenvalue weighted by Crippen LogP contribution is 2.30. The standard InChI is InChI=1S/C17H13F6N3O2S/c1-8(29-13-5-2-9(6-24-13)17(21,22)23)16(28)25-7-12(27)26-11-4-3-10(18)14(19)15(11)20/h2-6,8H,7H2,1H3,(H,25,28)(H,26,27). The molecule has 2 aromatic rings. The quantitative estimate of drug-likeness (QED) is 0.410. The number of hydrogen-bond donors (Lipinski definition) is 2. The summed E-state index contributed by atoms with van der Waals surface area (Å²) in [6.07, 6.45) is -3.89. The predicted molar refractivity (Wildman–Crippen MR) is 92.5 cm³/mol. The van der Waals surface area contributed by atoms with E-state index < -0.39 is 58.5 Å². The summed E-state index contributed by atoms with van der Waals surface area (Å²) in [5.41, 5.74) is -1.53. The van der Waals surface area contributed by atoms with Crippen molar-refractivity contribution in [2.75, 3.05) is 11.9 Å². The number of rotatable bonds is 6. The van der Waals surface area contributed by atoms with Gasteiger partial charge >= 0.3 is 6.18 Å². The van der Waals surface area contributed by atoms with E-state index in [2.05, 4.69) is 10.3 Å². The molecule has 156 valence electrons. The fourth-order valence-electron chi connectivity index (χ4n) is 1.98. The van der Waals surface area contributed by atoms with Crippen molar-refractivity contribution in [3.8, 4) is 0 Å². The van der Waals surface area contributed by atoms with Gasteiger partial charge in [0.25, 0.3) is 0 Å². The van der Waals surface area contributed by atoms with Gasteiger partial charge in [0.1, 0.15) is 0 Å². The van der Waals surface area contributed by atoms with Crippen LogP contribution >= 0.6 is 11.8 Å². The molecule has 2 rings (SSSR count). The molecule has 0 saturated carbocycles. The number of amides is 2. The van der Waals surface area contributed by atoms with Crippen molar-refractivity contribution in [1.29, 1.82) is 0 Å². The minimum Gasteiger partial charge on any atom is -0.346 e. The summed E-state index contributed by atoms with van der Waals surface area (Å²) >= 11 is 0.859. The summed E-state index contributed by atoms with van der Waals surface area (Å²) in [5.74, 6) is -6.29. The number of alkyl halides is 3. The number of carbonyl (C=O) groups is 2. The maximum atomic E-state index is 13.5. The molecular formula is C17H13F6N3O2S. The lowest BCUT2D eigenvalue weighted by molar-refractivity contribution is -0.137. The van der Waals surface area contributed by atoms with E-state index in [1.807, 2.05) is 5.32 Å². The molecule has 0 spiro atoms. The van der Waals surface area contributed by atoms with Crippen LogP contribution in [-0.4, -0.2) is 28.6 Å². The number of nitrogens with zero attached hydrogens (tertiary/aromatic N) is 1. The van der Waals surface area contributed by atoms with Crippen LogP contribution in [0.5, 0.6) is 0 Å². The van der Waals surface area contributed by atoms with Crippen LogP contribution in [0, 0.1) is 17.5 Å². The molecule has 0 aliphatic rings. The third kappa shape index (κ3) is 6.11. The third-order valence-corrected chi connectivity index (χ3v) is 4.51. The van der Waals surface area contributed by atoms with Crippen molar-refractivity contribution in [3.05, 3.63) is 53.5 Å². The zero-order valence-electron chi connectivity index (χ0n) is 14.6. The Morgan fingerprint density at radius 2 is 1.79 bits per heavy atom. The normalized spacial score (nSPS) is 12.4. The van der Waals surface area contributed by atoms with Crippen LogP contribution in [-0.2, 0) is 15.8 Å². The van der Waals surface area contributed by atoms with E-state index in [9.17, 15) is 35.9 Å². The molecule has 1 unspecified atom stereocenters. The Kier molecular flexibility index (Phi) is 7.11. The molecular weight excluding hydrogens is 424 g/mol. The second kappa shape index (κ2) is 9.16. The predicted octanol–water partition coefficient (Wildman–Crippen LogP) is 3.75. The van der Waals surface area contributed by atoms with Crippen LogP contribution in [0.4, 0.5) is 32.0 Å². The average Bonchev–Trinajstić information content (AvgIpc) is 2.66. The summed E-state index contributed by atoms with van der Waals surface area (Å²) in [6, 6.07) is 3.38. The molecule has 2 N–H and O–H groups in total. The van der Waals surface area contributed by atoms with E-state index in [1.54, 1.807) is 0 Å². The molecule has 1 aromatic heterocycles. The number of benzene rings is 1. The van der Waals surface area contributed by atoms with Crippen molar-refractivity contribution >= 4 is 29.3 Å². The Morgan fingerprint density at radius 3 is 2.38 bits per heavy atom. The molecule has 5 nitrogen and oxygen atoms in total. The first kappa shape index (κ1) is 22.5. The topological polar surface area (TPSA) is 71.1 Å². The number of nitrogens with one attached hydrogen (secondary N) is 2. The van der Waals surface area contributed by atoms with Gasteiger partial charge in [0.2, 0.25) is 11.8 Å². The van der Waals surface area contributed by atoms with Crippen molar-refractivity contribution in [2.45, 2.75) is 23.4 Å². The minimum atomic E-state index is -4.53. The van der Waals surface area contributed by atoms with Crippen molar-refractivity contribution in [3.63, 3.8) is 0 Å². The van der Waals surface area contributed by atoms with Gasteiger partial charge in [0.15, 0.2) is 17.5 Å². The lowest BCUT2D eigenvalue weighted by atomic mass is 10.2. The number of pyridine rings is 1. The van der Waals surface area contributed by atoms with Gasteiger partial charge in [-0.1, -0.05) is 11.8 Å². The van der Waals surface area contributed by atoms with Crippen molar-refractivity contribution in [2.24, 2.45) is 0 Å². The maximum absolute atomic E-state index is 13.5. The lowest BCUT2D eigenvalue weighted by Gasteiger charge is -2.12. The molecule has 12 heteroatoms. The first-order valence-electron chi connectivity index (χ1n) is 7.90. The number of carbonyl (C=O) groups excluding carboxylic acids is 2. The van der Waals surface area contributed by atoms with Gasteiger partial charge in [-0.2, -0.15) is 13.2 Å². The van der Waals surface area contributed by atoms with E-state index in [0.29, 0.717) is 12.3 Å². The Balaban J connectivity index is 1.86. The summed E-state index contributed by atoms with van der Waals surface area (Å²) in [6.45, 7) is 0.842. The lowest BCUT2D eigenvalue weighted by Crippen LogP contribution is -2.37. The van der Waals surface area contributed by atoms with Crippen LogP contribution in [0.3, 0.4) is 0 Å². The first-order chi connectivity index (χ1) is 13.5. The highest BCUT2D eigenvalue weighted by atomic mass is 32.2. The highest BCUT2D eigenvalue weighted by Gasteiger charge is 2.30. The van der Waals surface area contributed by atoms with Crippen LogP contribution in [0.2, 0.25) is 0 Å². The van der Waals surface area contributed by atoms with Crippen LogP contribution < -0.4 is 10.6 Å². The second-order valence-electron chi connectivity index (χ2n) is 5.63. The Bertz CT molecular complexity index is 905. The number of thioether (sulfide) groups is 1. The van der Waals surface area contributed by atoms with E-state index in [1.165, 1.54) is 6.92 Å². The minimum absolute atomic E-state index is 0.161. The molecule has 0 aliphatic carbocycles. The van der Waals surface area contributed by atoms with Gasteiger partial charge in [-0.25, -0.2) is 18.2 Å². The molecule has 0 saturated heterocycles. The summed E-state index contributed by atoms with van der Waals surface area (Å²) in [5, 5.41) is 3.56. The van der Waals surface area contributed by atoms with E-state index in [4.69, 9.17) is 0 Å². The van der Waals surface area contributed by atoms with E-state index in [0.717, 1.165) is 30.0 Å². The van der Waals surface area contributed by atoms with Gasteiger partial charge in [-0.3, -0.25) is 9.59 Å². The summed E-state index contributed by atoms with van der Waals surface area (Å²) < 4.78 is 77.0. The Labute approximate surface area is 164 Å². The SMILES string of the molecule is CC(Sc1ccc(C(F)(F)F)cn1)C(=O)NCC(=O)Nc1ccc(F)c(F)c1F. The van der Waals surface area contributed by atoms with E-state index in [-0.39, 0.29) is 5.03 Å². The molecule has 0 aliphatic heterocycles. The highest BCUT2D eigenvalue weighted by molar-refractivity contribution is 8.00. The zero-order valence-corrected chi connectivity index (χ0v) is 15.4. The molecule has 2 amide bonds. The maximum Gasteiger partial charge on any atom is 0.417 e. The molecule has 1 heterocycles. The van der Waals surface area contributed by atoms with Gasteiger partial charge in [0.05, 0.1) is 28.1 Å². The largest absolute Gasteiger partial charge is 0.417 e. The van der Waals surface area contributed by atoms with Crippen LogP contribution in [0.25, 0.3) is 0 Å². The zero-order chi connectivity index (χ0) is 21.8. The fourth-order valence-corrected chi connectivity index (χ4v) is 2.79. The summed E-state index contributed by atoms with van der Waals surface area (Å²) in [4.78, 5) is 27.4. The second-order valence-corrected chi connectivity index (χ2v) is 6.99. The summed E-state index contributed by atoms with van der Waals surface area (Å²) in [7, 11) is 0. The molecule has 0 radical (unpaired) electrons. The average molecular weight is 437 g/mol. The van der Waals surface area contributed by atoms with Crippen molar-refractivity contribution < 1.29 is 35.9 Å². The van der Waals surface area contributed by atoms with Gasteiger partial charge in [0, 0.05) is 6.20 Å². The molecule has 29 heavy (non-hydrogen) atoms. The van der Waals surface area contributed by atoms with E-state index >= 15 is 0 Å². The monoisotopic (exact) mass is 437 g/mol. The third-order valence-electron chi connectivity index (χ3n) is 3.46. The number of anilines is 1. The number of halogens is 6. The van der Waals surface area contributed by atoms with Crippen LogP contribution in [0.1, 0.15) is 12.5 Å². The molecule has 1 aromatic carbocycles. The Morgan fingerprint density at radius 1 is 1.10 bits per heavy atom. The molecule has 0 bridgehead atoms. The van der Waals surface area contributed by atoms with Crippen LogP contribution in [0.15, 0.2) is 35.5 Å². The van der Waals surface area contributed by atoms with Gasteiger partial charge in [-0.15, -0.1) is 0 Å². The smallest absolute Gasteiger partial charge is 0.346 e. The number of hydrogen-bond acceptors (Lipinski definition) is 4. The molecule has 1 atom stereocenters. The molecule has 0 fully saturated rings.